The first-order valence-electron chi connectivity index (χ1n) is 5.90. The molecule has 0 amide bonds. The fourth-order valence-electron chi connectivity index (χ4n) is 1.61. The highest BCUT2D eigenvalue weighted by atomic mass is 79.9. The lowest BCUT2D eigenvalue weighted by Gasteiger charge is -2.10. The van der Waals surface area contributed by atoms with Crippen LogP contribution in [0.5, 0.6) is 5.75 Å². The van der Waals surface area contributed by atoms with Crippen molar-refractivity contribution in [1.82, 2.24) is 0 Å². The minimum atomic E-state index is -4.46. The summed E-state index contributed by atoms with van der Waals surface area (Å²) < 4.78 is 78.3. The molecule has 2 aromatic carbocycles. The third-order valence-electron chi connectivity index (χ3n) is 2.70. The number of halogens is 3. The van der Waals surface area contributed by atoms with Crippen molar-refractivity contribution in [3.05, 3.63) is 52.5 Å². The van der Waals surface area contributed by atoms with Crippen molar-refractivity contribution in [3.8, 4) is 5.75 Å². The monoisotopic (exact) mass is 426 g/mol. The SMILES string of the molecule is CS(=O)(=O)c1ccc(Br)c(S(=O)(=O)Oc2ccc(F)c(F)c2)c1. The molecule has 0 aliphatic heterocycles. The lowest BCUT2D eigenvalue weighted by Crippen LogP contribution is -2.12. The molecule has 0 aliphatic carbocycles. The van der Waals surface area contributed by atoms with Gasteiger partial charge in [-0.2, -0.15) is 8.42 Å². The van der Waals surface area contributed by atoms with Gasteiger partial charge in [-0.05, 0) is 46.3 Å². The minimum absolute atomic E-state index is 0.0625. The molecule has 0 aliphatic rings. The van der Waals surface area contributed by atoms with Crippen LogP contribution in [-0.4, -0.2) is 23.1 Å². The lowest BCUT2D eigenvalue weighted by molar-refractivity contribution is 0.471. The highest BCUT2D eigenvalue weighted by Gasteiger charge is 2.23. The van der Waals surface area contributed by atoms with E-state index >= 15 is 0 Å². The van der Waals surface area contributed by atoms with Gasteiger partial charge in [0.25, 0.3) is 0 Å². The fourth-order valence-corrected chi connectivity index (χ4v) is 4.19. The molecule has 0 unspecified atom stereocenters. The zero-order chi connectivity index (χ0) is 17.4. The van der Waals surface area contributed by atoms with E-state index in [0.717, 1.165) is 18.4 Å². The third kappa shape index (κ3) is 4.06. The fraction of sp³-hybridized carbons (Fsp3) is 0.0769. The van der Waals surface area contributed by atoms with Crippen LogP contribution in [-0.2, 0) is 20.0 Å². The van der Waals surface area contributed by atoms with Gasteiger partial charge in [0.2, 0.25) is 0 Å². The van der Waals surface area contributed by atoms with E-state index in [1.54, 1.807) is 0 Å². The maximum absolute atomic E-state index is 13.1. The Hall–Kier alpha value is -1.52. The van der Waals surface area contributed by atoms with Crippen molar-refractivity contribution in [3.63, 3.8) is 0 Å². The van der Waals surface area contributed by atoms with Crippen LogP contribution in [0.1, 0.15) is 0 Å². The largest absolute Gasteiger partial charge is 0.379 e. The number of sulfone groups is 1. The normalized spacial score (nSPS) is 12.2. The molecule has 0 fully saturated rings. The second kappa shape index (κ2) is 6.17. The summed E-state index contributed by atoms with van der Waals surface area (Å²) in [6.07, 6.45) is 0.919. The maximum atomic E-state index is 13.1. The van der Waals surface area contributed by atoms with Crippen LogP contribution in [0.2, 0.25) is 0 Å². The number of benzene rings is 2. The molecule has 0 N–H and O–H groups in total. The summed E-state index contributed by atoms with van der Waals surface area (Å²) in [5.41, 5.74) is 0. The van der Waals surface area contributed by atoms with E-state index in [4.69, 9.17) is 4.18 Å². The summed E-state index contributed by atoms with van der Waals surface area (Å²) in [4.78, 5) is -0.682. The van der Waals surface area contributed by atoms with Gasteiger partial charge >= 0.3 is 10.1 Å². The lowest BCUT2D eigenvalue weighted by atomic mass is 10.3. The first kappa shape index (κ1) is 17.8. The van der Waals surface area contributed by atoms with E-state index in [0.29, 0.717) is 12.1 Å². The van der Waals surface area contributed by atoms with Gasteiger partial charge in [0.1, 0.15) is 10.6 Å². The Kier molecular flexibility index (Phi) is 4.79. The van der Waals surface area contributed by atoms with Gasteiger partial charge in [0, 0.05) is 16.8 Å². The molecular formula is C13H9BrF2O5S2. The van der Waals surface area contributed by atoms with Crippen molar-refractivity contribution in [1.29, 1.82) is 0 Å². The summed E-state index contributed by atoms with van der Waals surface area (Å²) in [5.74, 6) is -2.88. The van der Waals surface area contributed by atoms with Crippen molar-refractivity contribution < 1.29 is 29.8 Å². The zero-order valence-corrected chi connectivity index (χ0v) is 14.7. The molecule has 5 nitrogen and oxygen atoms in total. The van der Waals surface area contributed by atoms with E-state index in [-0.39, 0.29) is 9.37 Å². The van der Waals surface area contributed by atoms with E-state index < -0.39 is 42.2 Å². The molecule has 0 heterocycles. The van der Waals surface area contributed by atoms with Gasteiger partial charge in [-0.25, -0.2) is 17.2 Å². The number of hydrogen-bond acceptors (Lipinski definition) is 5. The van der Waals surface area contributed by atoms with Gasteiger partial charge < -0.3 is 4.18 Å². The zero-order valence-electron chi connectivity index (χ0n) is 11.5. The third-order valence-corrected chi connectivity index (χ3v) is 6.05. The molecule has 10 heteroatoms. The van der Waals surface area contributed by atoms with Crippen molar-refractivity contribution in [2.75, 3.05) is 6.26 Å². The molecule has 0 radical (unpaired) electrons. The van der Waals surface area contributed by atoms with Crippen molar-refractivity contribution in [2.45, 2.75) is 9.79 Å². The highest BCUT2D eigenvalue weighted by molar-refractivity contribution is 9.10. The predicted octanol–water partition coefficient (Wildman–Crippen LogP) is 2.90. The molecule has 2 rings (SSSR count). The minimum Gasteiger partial charge on any atom is -0.379 e. The first-order chi connectivity index (χ1) is 10.5. The Morgan fingerprint density at radius 3 is 2.17 bits per heavy atom. The number of hydrogen-bond donors (Lipinski definition) is 0. The molecule has 23 heavy (non-hydrogen) atoms. The van der Waals surface area contributed by atoms with E-state index in [9.17, 15) is 25.6 Å². The summed E-state index contributed by atoms with van der Waals surface area (Å²) in [6, 6.07) is 5.58. The van der Waals surface area contributed by atoms with E-state index in [1.165, 1.54) is 12.1 Å². The summed E-state index contributed by atoms with van der Waals surface area (Å²) in [7, 11) is -8.09. The van der Waals surface area contributed by atoms with Crippen LogP contribution >= 0.6 is 15.9 Å². The average molecular weight is 427 g/mol. The second-order valence-corrected chi connectivity index (χ2v) is 8.86. The molecule has 0 aromatic heterocycles. The molecule has 0 bridgehead atoms. The predicted molar refractivity (Wildman–Crippen MR) is 81.4 cm³/mol. The van der Waals surface area contributed by atoms with Gasteiger partial charge in [-0.3, -0.25) is 0 Å². The Bertz CT molecular complexity index is 972. The van der Waals surface area contributed by atoms with Crippen LogP contribution < -0.4 is 4.18 Å². The van der Waals surface area contributed by atoms with E-state index in [2.05, 4.69) is 15.9 Å². The number of rotatable bonds is 4. The van der Waals surface area contributed by atoms with Crippen LogP contribution in [0, 0.1) is 11.6 Å². The molecule has 0 atom stereocenters. The molecule has 0 saturated carbocycles. The topological polar surface area (TPSA) is 77.5 Å². The highest BCUT2D eigenvalue weighted by Crippen LogP contribution is 2.28. The van der Waals surface area contributed by atoms with Gasteiger partial charge in [-0.15, -0.1) is 0 Å². The standard InChI is InChI=1S/C13H9BrF2O5S2/c1-22(17,18)9-3-4-10(14)13(7-9)23(19,20)21-8-2-5-11(15)12(16)6-8/h2-7H,1H3. The quantitative estimate of drug-likeness (QED) is 0.702. The van der Waals surface area contributed by atoms with Gasteiger partial charge in [0.05, 0.1) is 4.90 Å². The molecule has 0 saturated heterocycles. The molecular weight excluding hydrogens is 418 g/mol. The molecule has 0 spiro atoms. The van der Waals surface area contributed by atoms with E-state index in [1.807, 2.05) is 0 Å². The average Bonchev–Trinajstić information content (AvgIpc) is 2.41. The van der Waals surface area contributed by atoms with Crippen LogP contribution in [0.3, 0.4) is 0 Å². The summed E-state index contributed by atoms with van der Waals surface area (Å²) >= 11 is 2.98. The van der Waals surface area contributed by atoms with Crippen molar-refractivity contribution >= 4 is 35.9 Å². The smallest absolute Gasteiger partial charge is 0.340 e. The molecule has 2 aromatic rings. The second-order valence-electron chi connectivity index (χ2n) is 4.48. The van der Waals surface area contributed by atoms with Gasteiger partial charge in [-0.1, -0.05) is 0 Å². The van der Waals surface area contributed by atoms with Crippen LogP contribution in [0.15, 0.2) is 50.7 Å². The van der Waals surface area contributed by atoms with Crippen molar-refractivity contribution in [2.24, 2.45) is 0 Å². The van der Waals surface area contributed by atoms with Gasteiger partial charge in [0.15, 0.2) is 21.5 Å². The van der Waals surface area contributed by atoms with Crippen LogP contribution in [0.25, 0.3) is 0 Å². The Balaban J connectivity index is 2.49. The summed E-state index contributed by atoms with van der Waals surface area (Å²) in [5, 5.41) is 0. The Labute approximate surface area is 140 Å². The maximum Gasteiger partial charge on any atom is 0.340 e. The Morgan fingerprint density at radius 1 is 0.957 bits per heavy atom. The molecule has 124 valence electrons. The summed E-state index contributed by atoms with van der Waals surface area (Å²) in [6.45, 7) is 0. The van der Waals surface area contributed by atoms with Crippen LogP contribution in [0.4, 0.5) is 8.78 Å². The first-order valence-corrected chi connectivity index (χ1v) is 9.99. The Morgan fingerprint density at radius 2 is 1.61 bits per heavy atom.